The maximum absolute atomic E-state index is 12.9. The van der Waals surface area contributed by atoms with Crippen molar-refractivity contribution in [2.75, 3.05) is 13.1 Å². The van der Waals surface area contributed by atoms with Gasteiger partial charge in [-0.1, -0.05) is 6.92 Å². The molecule has 3 rings (SSSR count). The normalized spacial score (nSPS) is 18.6. The molecule has 9 heteroatoms. The number of carbonyl (C=O) groups is 1. The zero-order valence-corrected chi connectivity index (χ0v) is 14.1. The van der Waals surface area contributed by atoms with Gasteiger partial charge >= 0.3 is 6.18 Å². The first-order valence-corrected chi connectivity index (χ1v) is 8.23. The summed E-state index contributed by atoms with van der Waals surface area (Å²) in [4.78, 5) is 18.0. The van der Waals surface area contributed by atoms with Crippen LogP contribution < -0.4 is 0 Å². The fourth-order valence-corrected chi connectivity index (χ4v) is 3.18. The summed E-state index contributed by atoms with van der Waals surface area (Å²) < 4.78 is 40.0. The Labute approximate surface area is 143 Å². The molecule has 0 spiro atoms. The zero-order valence-electron chi connectivity index (χ0n) is 14.1. The maximum Gasteiger partial charge on any atom is 0.434 e. The average Bonchev–Trinajstić information content (AvgIpc) is 3.20. The maximum atomic E-state index is 12.9. The van der Waals surface area contributed by atoms with Crippen molar-refractivity contribution in [1.29, 1.82) is 0 Å². The molecule has 25 heavy (non-hydrogen) atoms. The minimum absolute atomic E-state index is 0.203. The Kier molecular flexibility index (Phi) is 4.57. The van der Waals surface area contributed by atoms with Gasteiger partial charge in [-0.05, 0) is 25.3 Å². The highest BCUT2D eigenvalue weighted by Crippen LogP contribution is 2.32. The molecule has 1 amide bonds. The molecule has 3 heterocycles. The molecule has 1 N–H and O–H groups in total. The van der Waals surface area contributed by atoms with Crippen LogP contribution in [0.5, 0.6) is 0 Å². The standard InChI is InChI=1S/C16H20F3N5O/c1-3-11-7-12(22-21-11)15(25)24-6-4-5-10(8-24)14-20-13(9-23(14)2)16(17,18)19/h7,9-10H,3-6,8H2,1-2H3,(H,21,22)/t10-/m1/s1. The van der Waals surface area contributed by atoms with Crippen LogP contribution in [-0.2, 0) is 19.6 Å². The second-order valence-corrected chi connectivity index (χ2v) is 6.32. The quantitative estimate of drug-likeness (QED) is 0.921. The molecule has 0 saturated carbocycles. The number of nitrogens with one attached hydrogen (secondary N) is 1. The summed E-state index contributed by atoms with van der Waals surface area (Å²) in [6.45, 7) is 2.87. The van der Waals surface area contributed by atoms with Crippen LogP contribution in [0.15, 0.2) is 12.3 Å². The fraction of sp³-hybridized carbons (Fsp3) is 0.562. The molecule has 1 aliphatic heterocycles. The lowest BCUT2D eigenvalue weighted by Crippen LogP contribution is -2.39. The van der Waals surface area contributed by atoms with E-state index in [2.05, 4.69) is 15.2 Å². The number of aromatic nitrogens is 4. The molecule has 1 fully saturated rings. The number of nitrogens with zero attached hydrogens (tertiary/aromatic N) is 4. The van der Waals surface area contributed by atoms with Crippen molar-refractivity contribution in [3.63, 3.8) is 0 Å². The number of H-pyrrole nitrogens is 1. The molecule has 0 aromatic carbocycles. The Morgan fingerprint density at radius 1 is 1.44 bits per heavy atom. The number of aromatic amines is 1. The number of aryl methyl sites for hydroxylation is 2. The molecule has 0 bridgehead atoms. The highest BCUT2D eigenvalue weighted by molar-refractivity contribution is 5.92. The van der Waals surface area contributed by atoms with E-state index in [1.54, 1.807) is 18.0 Å². The van der Waals surface area contributed by atoms with Crippen LogP contribution >= 0.6 is 0 Å². The van der Waals surface area contributed by atoms with E-state index in [-0.39, 0.29) is 11.8 Å². The zero-order chi connectivity index (χ0) is 18.2. The Morgan fingerprint density at radius 2 is 2.20 bits per heavy atom. The van der Waals surface area contributed by atoms with Crippen LogP contribution in [0.4, 0.5) is 13.2 Å². The number of halogens is 3. The van der Waals surface area contributed by atoms with Crippen molar-refractivity contribution in [1.82, 2.24) is 24.6 Å². The van der Waals surface area contributed by atoms with E-state index in [0.29, 0.717) is 31.0 Å². The van der Waals surface area contributed by atoms with Gasteiger partial charge in [0.2, 0.25) is 0 Å². The second-order valence-electron chi connectivity index (χ2n) is 6.32. The predicted octanol–water partition coefficient (Wildman–Crippen LogP) is 2.74. The Morgan fingerprint density at radius 3 is 2.80 bits per heavy atom. The second kappa shape index (κ2) is 6.53. The smallest absolute Gasteiger partial charge is 0.337 e. The van der Waals surface area contributed by atoms with Crippen LogP contribution in [0.25, 0.3) is 0 Å². The van der Waals surface area contributed by atoms with Gasteiger partial charge in [0.25, 0.3) is 5.91 Å². The molecule has 0 aliphatic carbocycles. The monoisotopic (exact) mass is 355 g/mol. The summed E-state index contributed by atoms with van der Waals surface area (Å²) >= 11 is 0. The van der Waals surface area contributed by atoms with Gasteiger partial charge in [0.1, 0.15) is 11.5 Å². The van der Waals surface area contributed by atoms with Gasteiger partial charge in [-0.3, -0.25) is 9.89 Å². The lowest BCUT2D eigenvalue weighted by atomic mass is 9.97. The number of rotatable bonds is 3. The first kappa shape index (κ1) is 17.5. The minimum atomic E-state index is -4.47. The highest BCUT2D eigenvalue weighted by atomic mass is 19.4. The first-order chi connectivity index (χ1) is 11.8. The van der Waals surface area contributed by atoms with Crippen molar-refractivity contribution >= 4 is 5.91 Å². The number of piperidine rings is 1. The van der Waals surface area contributed by atoms with Crippen LogP contribution in [0, 0.1) is 0 Å². The van der Waals surface area contributed by atoms with E-state index in [4.69, 9.17) is 0 Å². The molecule has 0 radical (unpaired) electrons. The van der Waals surface area contributed by atoms with Gasteiger partial charge in [0.05, 0.1) is 0 Å². The third-order valence-corrected chi connectivity index (χ3v) is 4.51. The third kappa shape index (κ3) is 3.54. The van der Waals surface area contributed by atoms with E-state index >= 15 is 0 Å². The predicted molar refractivity (Wildman–Crippen MR) is 84.1 cm³/mol. The van der Waals surface area contributed by atoms with Gasteiger partial charge in [-0.25, -0.2) is 4.98 Å². The lowest BCUT2D eigenvalue weighted by molar-refractivity contribution is -0.141. The van der Waals surface area contributed by atoms with Gasteiger partial charge in [-0.15, -0.1) is 0 Å². The lowest BCUT2D eigenvalue weighted by Gasteiger charge is -2.32. The molecule has 6 nitrogen and oxygen atoms in total. The largest absolute Gasteiger partial charge is 0.434 e. The Bertz CT molecular complexity index is 764. The molecule has 2 aromatic heterocycles. The van der Waals surface area contributed by atoms with E-state index in [1.807, 2.05) is 6.92 Å². The number of hydrogen-bond acceptors (Lipinski definition) is 3. The van der Waals surface area contributed by atoms with Gasteiger partial charge in [0.15, 0.2) is 5.69 Å². The summed E-state index contributed by atoms with van der Waals surface area (Å²) in [7, 11) is 1.56. The molecule has 2 aromatic rings. The molecule has 1 atom stereocenters. The molecular weight excluding hydrogens is 335 g/mol. The molecule has 1 saturated heterocycles. The van der Waals surface area contributed by atoms with E-state index in [0.717, 1.165) is 24.7 Å². The van der Waals surface area contributed by atoms with E-state index in [1.165, 1.54) is 4.57 Å². The van der Waals surface area contributed by atoms with Gasteiger partial charge < -0.3 is 9.47 Å². The van der Waals surface area contributed by atoms with E-state index in [9.17, 15) is 18.0 Å². The van der Waals surface area contributed by atoms with Crippen LogP contribution in [0.3, 0.4) is 0 Å². The summed E-state index contributed by atoms with van der Waals surface area (Å²) in [5, 5.41) is 6.84. The average molecular weight is 355 g/mol. The number of hydrogen-bond donors (Lipinski definition) is 1. The van der Waals surface area contributed by atoms with Crippen molar-refractivity contribution in [2.45, 2.75) is 38.3 Å². The van der Waals surface area contributed by atoms with Gasteiger partial charge in [0, 0.05) is 37.9 Å². The van der Waals surface area contributed by atoms with Gasteiger partial charge in [-0.2, -0.15) is 18.3 Å². The summed E-state index contributed by atoms with van der Waals surface area (Å²) in [6, 6.07) is 1.72. The highest BCUT2D eigenvalue weighted by Gasteiger charge is 2.36. The summed E-state index contributed by atoms with van der Waals surface area (Å²) in [6.07, 6.45) is -1.30. The number of amides is 1. The fourth-order valence-electron chi connectivity index (χ4n) is 3.18. The van der Waals surface area contributed by atoms with Crippen LogP contribution in [0.1, 0.15) is 53.4 Å². The minimum Gasteiger partial charge on any atom is -0.337 e. The molecule has 1 aliphatic rings. The van der Waals surface area contributed by atoms with Crippen molar-refractivity contribution in [2.24, 2.45) is 7.05 Å². The molecule has 136 valence electrons. The Hall–Kier alpha value is -2.32. The number of imidazole rings is 1. The number of alkyl halides is 3. The van der Waals surface area contributed by atoms with Crippen molar-refractivity contribution in [3.05, 3.63) is 35.2 Å². The van der Waals surface area contributed by atoms with E-state index < -0.39 is 11.9 Å². The van der Waals surface area contributed by atoms with Crippen LogP contribution in [0.2, 0.25) is 0 Å². The summed E-state index contributed by atoms with van der Waals surface area (Å²) in [5.41, 5.74) is 0.317. The van der Waals surface area contributed by atoms with Crippen LogP contribution in [-0.4, -0.2) is 43.6 Å². The molecule has 0 unspecified atom stereocenters. The topological polar surface area (TPSA) is 66.8 Å². The molecular formula is C16H20F3N5O. The third-order valence-electron chi connectivity index (χ3n) is 4.51. The number of carbonyl (C=O) groups excluding carboxylic acids is 1. The Balaban J connectivity index is 1.77. The first-order valence-electron chi connectivity index (χ1n) is 8.23. The van der Waals surface area contributed by atoms with Crippen molar-refractivity contribution < 1.29 is 18.0 Å². The number of likely N-dealkylation sites (tertiary alicyclic amines) is 1. The SMILES string of the molecule is CCc1cc(C(=O)N2CCC[C@@H](c3nc(C(F)(F)F)cn3C)C2)n[nH]1. The van der Waals surface area contributed by atoms with Crippen molar-refractivity contribution in [3.8, 4) is 0 Å². The summed E-state index contributed by atoms with van der Waals surface area (Å²) in [5.74, 6) is -0.0598.